The van der Waals surface area contributed by atoms with Crippen molar-refractivity contribution in [2.45, 2.75) is 101 Å². The summed E-state index contributed by atoms with van der Waals surface area (Å²) in [5.74, 6) is 0.0208. The van der Waals surface area contributed by atoms with E-state index in [-0.39, 0.29) is 34.5 Å². The Kier molecular flexibility index (Phi) is 8.98. The second kappa shape index (κ2) is 15.9. The van der Waals surface area contributed by atoms with E-state index in [4.69, 9.17) is 4.85 Å². The van der Waals surface area contributed by atoms with Gasteiger partial charge in [-0.2, -0.15) is 5.26 Å². The lowest BCUT2D eigenvalue weighted by Gasteiger charge is -2.36. The van der Waals surface area contributed by atoms with Crippen molar-refractivity contribution in [3.05, 3.63) is 282 Å². The van der Waals surface area contributed by atoms with Gasteiger partial charge in [-0.05, 0) is 178 Å². The maximum absolute atomic E-state index is 12.1. The van der Waals surface area contributed by atoms with Crippen LogP contribution in [-0.4, -0.2) is 4.40 Å². The van der Waals surface area contributed by atoms with Crippen molar-refractivity contribution in [3.63, 3.8) is 0 Å². The van der Waals surface area contributed by atoms with Crippen LogP contribution < -0.4 is 0 Å². The van der Waals surface area contributed by atoms with Crippen molar-refractivity contribution in [1.82, 2.24) is 4.40 Å². The fraction of sp³-hybridized carbons (Fsp3) is 0.205. The molecule has 0 amide bonds. The number of aryl methyl sites for hydroxylation is 2. The summed E-state index contributed by atoms with van der Waals surface area (Å²) in [7, 11) is 0. The highest BCUT2D eigenvalue weighted by atomic mass is 14.9. The van der Waals surface area contributed by atoms with Crippen LogP contribution in [0.1, 0.15) is 159 Å². The van der Waals surface area contributed by atoms with Crippen LogP contribution in [0.5, 0.6) is 0 Å². The van der Waals surface area contributed by atoms with E-state index in [0.29, 0.717) is 0 Å². The predicted molar refractivity (Wildman–Crippen MR) is 330 cm³/mol. The highest BCUT2D eigenvalue weighted by Gasteiger charge is 2.47. The van der Waals surface area contributed by atoms with Crippen LogP contribution in [0, 0.1) is 17.9 Å². The van der Waals surface area contributed by atoms with E-state index >= 15 is 0 Å². The van der Waals surface area contributed by atoms with E-state index in [1.807, 2.05) is 0 Å². The van der Waals surface area contributed by atoms with Crippen LogP contribution in [-0.2, 0) is 36.5 Å². The first-order chi connectivity index (χ1) is 39.6. The molecular weight excluding hydrogens is 979 g/mol. The van der Waals surface area contributed by atoms with E-state index in [2.05, 4.69) is 214 Å². The Hall–Kier alpha value is -9.02. The second-order valence-corrected chi connectivity index (χ2v) is 25.9. The van der Waals surface area contributed by atoms with Gasteiger partial charge in [0.15, 0.2) is 5.69 Å². The number of hydrogen-bond donors (Lipinski definition) is 0. The molecule has 5 aliphatic carbocycles. The van der Waals surface area contributed by atoms with E-state index in [0.717, 1.165) is 60.9 Å². The lowest BCUT2D eigenvalue weighted by atomic mass is 9.66. The highest BCUT2D eigenvalue weighted by Crippen LogP contribution is 2.63. The third kappa shape index (κ3) is 5.72. The molecule has 0 N–H and O–H groups in total. The van der Waals surface area contributed by atoms with Gasteiger partial charge in [0.2, 0.25) is 0 Å². The number of fused-ring (bicyclic) bond motifs is 12. The van der Waals surface area contributed by atoms with E-state index in [9.17, 15) is 11.8 Å². The SMILES string of the molecule is [C-]#[N+]c1c2c(c3c4cc(-c5c(CC6c7ccccc7-c7ccccc76)cccc5CC5c6ccccc6-c6ccccc65)cc5c6c7c(c(C#N)c8c6n(c3c1C1c3ccccc3C8c3ccccc31)c54)C(C)(C)CC7)CCC2(C)C. The first-order valence-corrected chi connectivity index (χ1v) is 29.5. The smallest absolute Gasteiger partial charge is 0.197 e. The molecule has 12 aromatic rings. The fourth-order valence-electron chi connectivity index (χ4n) is 18.1. The molecule has 81 heavy (non-hydrogen) atoms. The van der Waals surface area contributed by atoms with Gasteiger partial charge in [-0.3, -0.25) is 0 Å². The van der Waals surface area contributed by atoms with Crippen LogP contribution in [0.4, 0.5) is 5.69 Å². The first kappa shape index (κ1) is 45.8. The van der Waals surface area contributed by atoms with Crippen molar-refractivity contribution in [1.29, 1.82) is 5.26 Å². The largest absolute Gasteiger partial charge is 0.309 e. The summed E-state index contributed by atoms with van der Waals surface area (Å²) in [5.41, 5.74) is 33.6. The highest BCUT2D eigenvalue weighted by molar-refractivity contribution is 6.28. The molecule has 0 spiro atoms. The van der Waals surface area contributed by atoms with Crippen molar-refractivity contribution in [2.75, 3.05) is 0 Å². The van der Waals surface area contributed by atoms with Crippen molar-refractivity contribution in [2.24, 2.45) is 0 Å². The van der Waals surface area contributed by atoms with E-state index in [1.165, 1.54) is 149 Å². The summed E-state index contributed by atoms with van der Waals surface area (Å²) < 4.78 is 2.67. The van der Waals surface area contributed by atoms with Gasteiger partial charge < -0.3 is 4.40 Å². The number of aromatic nitrogens is 1. The van der Waals surface area contributed by atoms with Crippen LogP contribution in [0.25, 0.3) is 76.3 Å². The van der Waals surface area contributed by atoms with Gasteiger partial charge in [0.05, 0.1) is 29.2 Å². The Balaban J connectivity index is 1.02. The minimum atomic E-state index is -0.215. The van der Waals surface area contributed by atoms with Gasteiger partial charge in [0.25, 0.3) is 0 Å². The Morgan fingerprint density at radius 2 is 0.889 bits per heavy atom. The summed E-state index contributed by atoms with van der Waals surface area (Å²) in [6.45, 7) is 19.0. The molecule has 3 heteroatoms. The van der Waals surface area contributed by atoms with Crippen LogP contribution in [0.2, 0.25) is 0 Å². The number of rotatable bonds is 5. The molecule has 7 aliphatic rings. The van der Waals surface area contributed by atoms with Crippen molar-refractivity contribution < 1.29 is 0 Å². The lowest BCUT2D eigenvalue weighted by Crippen LogP contribution is -2.22. The van der Waals surface area contributed by atoms with E-state index < -0.39 is 0 Å². The van der Waals surface area contributed by atoms with Gasteiger partial charge >= 0.3 is 0 Å². The minimum Gasteiger partial charge on any atom is -0.309 e. The zero-order valence-corrected chi connectivity index (χ0v) is 46.1. The summed E-state index contributed by atoms with van der Waals surface area (Å²) >= 11 is 0. The summed E-state index contributed by atoms with van der Waals surface area (Å²) in [6, 6.07) is 70.2. The molecule has 4 heterocycles. The fourth-order valence-corrected chi connectivity index (χ4v) is 18.1. The molecular formula is C78H57N3. The average molecular weight is 1040 g/mol. The number of nitrogens with zero attached hydrogens (tertiary/aromatic N) is 3. The molecule has 0 atom stereocenters. The Morgan fingerprint density at radius 1 is 0.494 bits per heavy atom. The zero-order chi connectivity index (χ0) is 53.9. The first-order valence-electron chi connectivity index (χ1n) is 29.5. The third-order valence-corrected chi connectivity index (χ3v) is 21.2. The normalized spacial score (nSPS) is 18.1. The standard InChI is InChI=1S/C78H57N3/c1-77(2)35-33-57-67-61-39-44(64-42(37-59-49-25-10-6-21-45(49)46-22-7-11-26-50(46)59)19-18-20-43(64)38-60-51-27-12-8-23-47(51)48-24-9-13-28-52(48)60)40-62-68-58-34-36-78(3,4)72(58)73(80-5)70-66-55-31-16-14-29-53(55)65(54-30-15-17-32-56(54)66)69(63(41-79)71(57)77)75(67)81(74(61)62)76(68)70/h6-32,39-40,59-60,65-66H,33-38H2,1-4H3. The molecule has 10 aromatic carbocycles. The molecule has 0 radical (unpaired) electrons. The average Bonchev–Trinajstić information content (AvgIpc) is 1.78. The summed E-state index contributed by atoms with van der Waals surface area (Å²) in [4.78, 5) is 4.78. The Labute approximate surface area is 473 Å². The molecule has 0 saturated carbocycles. The molecule has 19 rings (SSSR count). The molecule has 2 aromatic heterocycles. The van der Waals surface area contributed by atoms with Gasteiger partial charge in [0, 0.05) is 56.3 Å². The number of benzene rings is 10. The molecule has 2 aliphatic heterocycles. The number of hydrogen-bond acceptors (Lipinski definition) is 1. The molecule has 0 fully saturated rings. The second-order valence-electron chi connectivity index (χ2n) is 25.9. The predicted octanol–water partition coefficient (Wildman–Crippen LogP) is 19.1. The van der Waals surface area contributed by atoms with Crippen molar-refractivity contribution in [3.8, 4) is 39.4 Å². The number of nitriles is 1. The van der Waals surface area contributed by atoms with Crippen LogP contribution in [0.15, 0.2) is 176 Å². The molecule has 0 unspecified atom stereocenters. The maximum Gasteiger partial charge on any atom is 0.197 e. The quantitative estimate of drug-likeness (QED) is 0.158. The summed E-state index contributed by atoms with van der Waals surface area (Å²) in [6.07, 6.45) is 5.49. The van der Waals surface area contributed by atoms with Crippen molar-refractivity contribution >= 4 is 43.8 Å². The van der Waals surface area contributed by atoms with Gasteiger partial charge in [-0.25, -0.2) is 4.85 Å². The van der Waals surface area contributed by atoms with E-state index in [1.54, 1.807) is 0 Å². The van der Waals surface area contributed by atoms with Crippen LogP contribution in [0.3, 0.4) is 0 Å². The Morgan fingerprint density at radius 3 is 1.33 bits per heavy atom. The van der Waals surface area contributed by atoms with Gasteiger partial charge in [-0.1, -0.05) is 191 Å². The monoisotopic (exact) mass is 1040 g/mol. The molecule has 384 valence electrons. The van der Waals surface area contributed by atoms with Crippen LogP contribution >= 0.6 is 0 Å². The zero-order valence-electron chi connectivity index (χ0n) is 46.1. The molecule has 0 saturated heterocycles. The van der Waals surface area contributed by atoms with Gasteiger partial charge in [-0.15, -0.1) is 0 Å². The minimum absolute atomic E-state index is 0.181. The third-order valence-electron chi connectivity index (χ3n) is 21.2. The molecule has 2 bridgehead atoms. The Bertz CT molecular complexity index is 4510. The van der Waals surface area contributed by atoms with Gasteiger partial charge in [0.1, 0.15) is 0 Å². The summed E-state index contributed by atoms with van der Waals surface area (Å²) in [5, 5.41) is 17.2. The maximum atomic E-state index is 12.1. The topological polar surface area (TPSA) is 32.6 Å². The molecule has 3 nitrogen and oxygen atoms in total. The lowest BCUT2D eigenvalue weighted by molar-refractivity contribution is 0.521.